The number of pyridine rings is 1. The Morgan fingerprint density at radius 1 is 1.29 bits per heavy atom. The van der Waals surface area contributed by atoms with Gasteiger partial charge in [-0.2, -0.15) is 4.98 Å². The predicted octanol–water partition coefficient (Wildman–Crippen LogP) is 1.92. The third-order valence-corrected chi connectivity index (χ3v) is 2.30. The average Bonchev–Trinajstić information content (AvgIpc) is 2.71. The average molecular weight is 247 g/mol. The number of nitrogens with zero attached hydrogens (tertiary/aromatic N) is 5. The first kappa shape index (κ1) is 9.98. The highest BCUT2D eigenvalue weighted by Gasteiger charge is 2.04. The van der Waals surface area contributed by atoms with Gasteiger partial charge in [-0.25, -0.2) is 9.50 Å². The Bertz CT molecular complexity index is 650. The highest BCUT2D eigenvalue weighted by atomic mass is 35.5. The Labute approximate surface area is 101 Å². The minimum Gasteiger partial charge on any atom is -0.321 e. The minimum atomic E-state index is 0.371. The second kappa shape index (κ2) is 3.99. The molecule has 0 unspecified atom stereocenters. The molecular weight excluding hydrogens is 240 g/mol. The van der Waals surface area contributed by atoms with Crippen LogP contribution in [0.5, 0.6) is 0 Å². The summed E-state index contributed by atoms with van der Waals surface area (Å²) in [6, 6.07) is 3.71. The van der Waals surface area contributed by atoms with Gasteiger partial charge in [0.2, 0.25) is 5.95 Å². The van der Waals surface area contributed by atoms with Gasteiger partial charge in [0.05, 0.1) is 24.3 Å². The molecule has 17 heavy (non-hydrogen) atoms. The highest BCUT2D eigenvalue weighted by molar-refractivity contribution is 6.29. The molecule has 0 fully saturated rings. The maximum atomic E-state index is 5.76. The van der Waals surface area contributed by atoms with Gasteiger partial charge in [0.25, 0.3) is 0 Å². The van der Waals surface area contributed by atoms with Crippen LogP contribution in [0.3, 0.4) is 0 Å². The lowest BCUT2D eigenvalue weighted by Gasteiger charge is -1.98. The molecule has 0 spiro atoms. The number of aromatic nitrogens is 5. The summed E-state index contributed by atoms with van der Waals surface area (Å²) in [4.78, 5) is 12.2. The van der Waals surface area contributed by atoms with Gasteiger partial charge in [-0.1, -0.05) is 11.6 Å². The fourth-order valence-corrected chi connectivity index (χ4v) is 1.53. The Balaban J connectivity index is 1.96. The first-order chi connectivity index (χ1) is 8.31. The van der Waals surface area contributed by atoms with Crippen LogP contribution in [0.4, 0.5) is 11.6 Å². The molecule has 84 valence electrons. The smallest absolute Gasteiger partial charge is 0.247 e. The molecule has 7 heteroatoms. The molecule has 0 aliphatic rings. The van der Waals surface area contributed by atoms with Gasteiger partial charge >= 0.3 is 0 Å². The standard InChI is InChI=1S/C10H7ClN6/c11-8-6-17-9(5-13-8)15-10(16-17)14-7-2-1-3-12-4-7/h1-6H,(H,14,16). The monoisotopic (exact) mass is 246 g/mol. The Morgan fingerprint density at radius 2 is 2.24 bits per heavy atom. The lowest BCUT2D eigenvalue weighted by molar-refractivity contribution is 0.950. The first-order valence-electron chi connectivity index (χ1n) is 4.86. The van der Waals surface area contributed by atoms with Crippen LogP contribution in [0.2, 0.25) is 5.15 Å². The Morgan fingerprint density at radius 3 is 3.06 bits per heavy atom. The summed E-state index contributed by atoms with van der Waals surface area (Å²) in [5.41, 5.74) is 1.45. The summed E-state index contributed by atoms with van der Waals surface area (Å²) >= 11 is 5.76. The van der Waals surface area contributed by atoms with Gasteiger partial charge in [0.15, 0.2) is 5.65 Å². The van der Waals surface area contributed by atoms with E-state index in [1.165, 1.54) is 0 Å². The lowest BCUT2D eigenvalue weighted by atomic mass is 10.4. The van der Waals surface area contributed by atoms with Crippen LogP contribution in [0.1, 0.15) is 0 Å². The molecule has 1 N–H and O–H groups in total. The topological polar surface area (TPSA) is 68.0 Å². The number of rotatable bonds is 2. The van der Waals surface area contributed by atoms with Gasteiger partial charge in [-0.3, -0.25) is 4.98 Å². The van der Waals surface area contributed by atoms with Crippen molar-refractivity contribution in [2.24, 2.45) is 0 Å². The molecule has 0 saturated carbocycles. The van der Waals surface area contributed by atoms with Crippen LogP contribution < -0.4 is 5.32 Å². The van der Waals surface area contributed by atoms with E-state index >= 15 is 0 Å². The van der Waals surface area contributed by atoms with Crippen molar-refractivity contribution in [3.63, 3.8) is 0 Å². The van der Waals surface area contributed by atoms with E-state index in [1.807, 2.05) is 12.1 Å². The van der Waals surface area contributed by atoms with Crippen LogP contribution >= 0.6 is 11.6 Å². The van der Waals surface area contributed by atoms with Crippen molar-refractivity contribution < 1.29 is 0 Å². The Hall–Kier alpha value is -2.21. The van der Waals surface area contributed by atoms with Gasteiger partial charge < -0.3 is 5.32 Å². The number of hydrogen-bond donors (Lipinski definition) is 1. The zero-order chi connectivity index (χ0) is 11.7. The normalized spacial score (nSPS) is 10.6. The molecule has 0 atom stereocenters. The van der Waals surface area contributed by atoms with Crippen LogP contribution in [0.15, 0.2) is 36.9 Å². The largest absolute Gasteiger partial charge is 0.321 e. The number of nitrogens with one attached hydrogen (secondary N) is 1. The molecule has 6 nitrogen and oxygen atoms in total. The van der Waals surface area contributed by atoms with E-state index in [-0.39, 0.29) is 0 Å². The van der Waals surface area contributed by atoms with E-state index in [1.54, 1.807) is 29.3 Å². The van der Waals surface area contributed by atoms with Crippen molar-refractivity contribution in [1.29, 1.82) is 0 Å². The Kier molecular flexibility index (Phi) is 2.34. The summed E-state index contributed by atoms with van der Waals surface area (Å²) < 4.78 is 1.56. The summed E-state index contributed by atoms with van der Waals surface area (Å²) in [5.74, 6) is 0.474. The molecule has 0 amide bonds. The summed E-state index contributed by atoms with van der Waals surface area (Å²) in [7, 11) is 0. The summed E-state index contributed by atoms with van der Waals surface area (Å²) in [6.07, 6.45) is 6.55. The van der Waals surface area contributed by atoms with Crippen molar-refractivity contribution in [3.05, 3.63) is 42.1 Å². The van der Waals surface area contributed by atoms with E-state index in [4.69, 9.17) is 11.6 Å². The maximum absolute atomic E-state index is 5.76. The van der Waals surface area contributed by atoms with Crippen molar-refractivity contribution in [3.8, 4) is 0 Å². The maximum Gasteiger partial charge on any atom is 0.247 e. The second-order valence-electron chi connectivity index (χ2n) is 3.31. The zero-order valence-electron chi connectivity index (χ0n) is 8.58. The van der Waals surface area contributed by atoms with E-state index in [9.17, 15) is 0 Å². The molecule has 0 aromatic carbocycles. The summed E-state index contributed by atoms with van der Waals surface area (Å²) in [5, 5.41) is 7.62. The summed E-state index contributed by atoms with van der Waals surface area (Å²) in [6.45, 7) is 0. The fourth-order valence-electron chi connectivity index (χ4n) is 1.39. The predicted molar refractivity (Wildman–Crippen MR) is 63.3 cm³/mol. The molecule has 0 bridgehead atoms. The van der Waals surface area contributed by atoms with Crippen LogP contribution in [0, 0.1) is 0 Å². The van der Waals surface area contributed by atoms with E-state index in [0.29, 0.717) is 16.7 Å². The third kappa shape index (κ3) is 2.02. The SMILES string of the molecule is Clc1cn2nc(Nc3cccnc3)nc2cn1. The second-order valence-corrected chi connectivity index (χ2v) is 3.70. The fraction of sp³-hybridized carbons (Fsp3) is 0. The van der Waals surface area contributed by atoms with Gasteiger partial charge in [0, 0.05) is 6.20 Å². The molecular formula is C10H7ClN6. The van der Waals surface area contributed by atoms with Crippen LogP contribution in [-0.4, -0.2) is 24.6 Å². The van der Waals surface area contributed by atoms with Crippen LogP contribution in [-0.2, 0) is 0 Å². The third-order valence-electron chi connectivity index (χ3n) is 2.11. The molecule has 0 aliphatic heterocycles. The molecule has 3 heterocycles. The highest BCUT2D eigenvalue weighted by Crippen LogP contribution is 2.13. The van der Waals surface area contributed by atoms with Crippen molar-refractivity contribution in [2.75, 3.05) is 5.32 Å². The van der Waals surface area contributed by atoms with Gasteiger partial charge in [0.1, 0.15) is 5.15 Å². The number of anilines is 2. The molecule has 0 radical (unpaired) electrons. The van der Waals surface area contributed by atoms with Crippen molar-refractivity contribution in [1.82, 2.24) is 24.6 Å². The van der Waals surface area contributed by atoms with E-state index in [2.05, 4.69) is 25.4 Å². The van der Waals surface area contributed by atoms with Crippen molar-refractivity contribution in [2.45, 2.75) is 0 Å². The molecule has 3 rings (SSSR count). The van der Waals surface area contributed by atoms with Gasteiger partial charge in [-0.05, 0) is 12.1 Å². The quantitative estimate of drug-likeness (QED) is 0.748. The van der Waals surface area contributed by atoms with E-state index in [0.717, 1.165) is 5.69 Å². The lowest BCUT2D eigenvalue weighted by Crippen LogP contribution is -1.93. The number of halogens is 1. The minimum absolute atomic E-state index is 0.371. The zero-order valence-corrected chi connectivity index (χ0v) is 9.33. The molecule has 0 saturated heterocycles. The van der Waals surface area contributed by atoms with Crippen LogP contribution in [0.25, 0.3) is 5.65 Å². The number of fused-ring (bicyclic) bond motifs is 1. The molecule has 0 aliphatic carbocycles. The first-order valence-corrected chi connectivity index (χ1v) is 5.24. The van der Waals surface area contributed by atoms with E-state index < -0.39 is 0 Å². The van der Waals surface area contributed by atoms with Crippen molar-refractivity contribution >= 4 is 28.9 Å². The van der Waals surface area contributed by atoms with Gasteiger partial charge in [-0.15, -0.1) is 5.10 Å². The molecule has 3 aromatic rings. The molecule has 3 aromatic heterocycles. The number of hydrogen-bond acceptors (Lipinski definition) is 5.